The number of rotatable bonds is 0. The zero-order valence-electron chi connectivity index (χ0n) is 16.8. The van der Waals surface area contributed by atoms with Gasteiger partial charge in [0, 0.05) is 12.6 Å². The highest BCUT2D eigenvalue weighted by Gasteiger charge is 2.44. The number of nitrogens with two attached hydrogens (primary N) is 1. The van der Waals surface area contributed by atoms with Gasteiger partial charge in [-0.2, -0.15) is 4.31 Å². The fraction of sp³-hybridized carbons (Fsp3) is 0.550. The molecule has 158 valence electrons. The van der Waals surface area contributed by atoms with Gasteiger partial charge in [-0.3, -0.25) is 0 Å². The van der Waals surface area contributed by atoms with Crippen molar-refractivity contribution in [3.8, 4) is 11.8 Å². The molecule has 1 aromatic rings. The van der Waals surface area contributed by atoms with E-state index in [1.165, 1.54) is 22.5 Å². The molecule has 2 aliphatic rings. The van der Waals surface area contributed by atoms with Crippen LogP contribution in [0.25, 0.3) is 0 Å². The molecule has 2 saturated heterocycles. The summed E-state index contributed by atoms with van der Waals surface area (Å²) in [6, 6.07) is 3.16. The molecule has 2 bridgehead atoms. The van der Waals surface area contributed by atoms with Gasteiger partial charge in [-0.25, -0.2) is 17.6 Å². The Labute approximate surface area is 171 Å². The van der Waals surface area contributed by atoms with Crippen LogP contribution < -0.4 is 5.73 Å². The zero-order valence-corrected chi connectivity index (χ0v) is 17.6. The quantitative estimate of drug-likeness (QED) is 0.510. The van der Waals surface area contributed by atoms with Crippen molar-refractivity contribution in [2.75, 3.05) is 24.6 Å². The predicted molar refractivity (Wildman–Crippen MR) is 108 cm³/mol. The van der Waals surface area contributed by atoms with Crippen LogP contribution in [0.1, 0.15) is 39.2 Å². The van der Waals surface area contributed by atoms with Gasteiger partial charge in [-0.15, -0.1) is 0 Å². The average molecular weight is 424 g/mol. The fourth-order valence-electron chi connectivity index (χ4n) is 3.52. The second-order valence-corrected chi connectivity index (χ2v) is 10.3. The van der Waals surface area contributed by atoms with E-state index in [9.17, 15) is 17.6 Å². The molecular formula is C20H26FN3O4S. The summed E-state index contributed by atoms with van der Waals surface area (Å²) in [5, 5.41) is 0. The third-order valence-electron chi connectivity index (χ3n) is 4.88. The number of carbonyl (C=O) groups excluding carboxylic acids is 1. The molecule has 7 nitrogen and oxygen atoms in total. The van der Waals surface area contributed by atoms with Gasteiger partial charge >= 0.3 is 6.09 Å². The Balaban J connectivity index is 1.96. The Kier molecular flexibility index (Phi) is 5.79. The maximum atomic E-state index is 14.1. The smallest absolute Gasteiger partial charge is 0.410 e. The fourth-order valence-corrected chi connectivity index (χ4v) is 5.20. The average Bonchev–Trinajstić information content (AvgIpc) is 2.71. The number of benzene rings is 1. The van der Waals surface area contributed by atoms with Crippen LogP contribution in [0.4, 0.5) is 14.9 Å². The molecule has 0 radical (unpaired) electrons. The minimum Gasteiger partial charge on any atom is -0.444 e. The molecule has 2 fully saturated rings. The molecule has 3 unspecified atom stereocenters. The minimum absolute atomic E-state index is 0.00826. The number of nitrogen functional groups attached to an aromatic ring is 1. The summed E-state index contributed by atoms with van der Waals surface area (Å²) >= 11 is 0. The van der Waals surface area contributed by atoms with E-state index >= 15 is 0 Å². The summed E-state index contributed by atoms with van der Waals surface area (Å²) < 4.78 is 46.3. The molecule has 3 atom stereocenters. The van der Waals surface area contributed by atoms with E-state index in [0.717, 1.165) is 0 Å². The molecule has 9 heteroatoms. The van der Waals surface area contributed by atoms with Crippen LogP contribution in [0, 0.1) is 17.7 Å². The number of anilines is 1. The molecule has 1 amide bonds. The zero-order chi connectivity index (χ0) is 21.4. The van der Waals surface area contributed by atoms with Crippen LogP contribution in [0.3, 0.4) is 0 Å². The van der Waals surface area contributed by atoms with Gasteiger partial charge in [0.2, 0.25) is 10.0 Å². The summed E-state index contributed by atoms with van der Waals surface area (Å²) in [6.07, 6.45) is 0.511. The van der Waals surface area contributed by atoms with E-state index in [0.29, 0.717) is 12.8 Å². The lowest BCUT2D eigenvalue weighted by molar-refractivity contribution is 0.00173. The number of carbonyl (C=O) groups is 1. The highest BCUT2D eigenvalue weighted by Crippen LogP contribution is 2.28. The Morgan fingerprint density at radius 1 is 1.31 bits per heavy atom. The van der Waals surface area contributed by atoms with Crippen molar-refractivity contribution in [3.05, 3.63) is 29.6 Å². The number of sulfonamides is 1. The summed E-state index contributed by atoms with van der Waals surface area (Å²) in [4.78, 5) is 14.3. The number of halogens is 1. The SMILES string of the molecule is CC(C)(C)OC(=O)N1CC(C#Cc2c(N)cccc2F)N2CC1CCCS2(=O)=O. The van der Waals surface area contributed by atoms with E-state index in [4.69, 9.17) is 10.5 Å². The van der Waals surface area contributed by atoms with E-state index in [1.807, 2.05) is 0 Å². The lowest BCUT2D eigenvalue weighted by atomic mass is 10.0. The number of fused-ring (bicyclic) bond motifs is 2. The third kappa shape index (κ3) is 4.82. The second kappa shape index (κ2) is 7.84. The molecule has 29 heavy (non-hydrogen) atoms. The molecule has 0 spiro atoms. The summed E-state index contributed by atoms with van der Waals surface area (Å²) in [7, 11) is -3.52. The highest BCUT2D eigenvalue weighted by atomic mass is 32.2. The van der Waals surface area contributed by atoms with Gasteiger partial charge in [0.25, 0.3) is 0 Å². The van der Waals surface area contributed by atoms with Crippen LogP contribution in [0.15, 0.2) is 18.2 Å². The first kappa shape index (κ1) is 21.4. The van der Waals surface area contributed by atoms with Gasteiger partial charge < -0.3 is 15.4 Å². The number of nitrogens with zero attached hydrogens (tertiary/aromatic N) is 2. The first-order valence-corrected chi connectivity index (χ1v) is 11.1. The van der Waals surface area contributed by atoms with Gasteiger partial charge in [0.1, 0.15) is 17.5 Å². The molecule has 0 aromatic heterocycles. The first-order valence-electron chi connectivity index (χ1n) is 9.52. The topological polar surface area (TPSA) is 92.9 Å². The Morgan fingerprint density at radius 2 is 2.03 bits per heavy atom. The van der Waals surface area contributed by atoms with Crippen LogP contribution in [-0.4, -0.2) is 60.2 Å². The molecular weight excluding hydrogens is 397 g/mol. The largest absolute Gasteiger partial charge is 0.444 e. The van der Waals surface area contributed by atoms with Crippen molar-refractivity contribution >= 4 is 21.8 Å². The number of amides is 1. The summed E-state index contributed by atoms with van der Waals surface area (Å²) in [6.45, 7) is 5.53. The summed E-state index contributed by atoms with van der Waals surface area (Å²) in [5.41, 5.74) is 5.32. The van der Waals surface area contributed by atoms with Gasteiger partial charge in [-0.1, -0.05) is 17.9 Å². The maximum absolute atomic E-state index is 14.1. The van der Waals surface area contributed by atoms with Gasteiger partial charge in [-0.05, 0) is 45.7 Å². The molecule has 1 aromatic carbocycles. The second-order valence-electron chi connectivity index (χ2n) is 8.30. The van der Waals surface area contributed by atoms with Crippen LogP contribution in [0.2, 0.25) is 0 Å². The van der Waals surface area contributed by atoms with Gasteiger partial charge in [0.15, 0.2) is 0 Å². The van der Waals surface area contributed by atoms with Crippen molar-refractivity contribution in [1.29, 1.82) is 0 Å². The Morgan fingerprint density at radius 3 is 2.69 bits per heavy atom. The van der Waals surface area contributed by atoms with Crippen molar-refractivity contribution in [1.82, 2.24) is 9.21 Å². The monoisotopic (exact) mass is 423 g/mol. The maximum Gasteiger partial charge on any atom is 0.410 e. The van der Waals surface area contributed by atoms with Crippen molar-refractivity contribution in [2.24, 2.45) is 0 Å². The third-order valence-corrected chi connectivity index (χ3v) is 6.81. The van der Waals surface area contributed by atoms with Gasteiger partial charge in [0.05, 0.1) is 23.5 Å². The summed E-state index contributed by atoms with van der Waals surface area (Å²) in [5.74, 6) is 4.94. The minimum atomic E-state index is -3.52. The molecule has 0 saturated carbocycles. The lowest BCUT2D eigenvalue weighted by Gasteiger charge is -2.42. The molecule has 3 rings (SSSR count). The highest BCUT2D eigenvalue weighted by molar-refractivity contribution is 7.89. The lowest BCUT2D eigenvalue weighted by Crippen LogP contribution is -2.60. The van der Waals surface area contributed by atoms with Crippen LogP contribution in [-0.2, 0) is 14.8 Å². The first-order chi connectivity index (χ1) is 13.5. The molecule has 2 N–H and O–H groups in total. The predicted octanol–water partition coefficient (Wildman–Crippen LogP) is 2.17. The van der Waals surface area contributed by atoms with E-state index < -0.39 is 33.6 Å². The number of piperazine rings is 1. The molecule has 2 aliphatic heterocycles. The van der Waals surface area contributed by atoms with E-state index in [2.05, 4.69) is 11.8 Å². The number of ether oxygens (including phenoxy) is 1. The number of hydrogen-bond acceptors (Lipinski definition) is 5. The van der Waals surface area contributed by atoms with Crippen LogP contribution >= 0.6 is 0 Å². The van der Waals surface area contributed by atoms with Crippen molar-refractivity contribution in [2.45, 2.75) is 51.3 Å². The van der Waals surface area contributed by atoms with Crippen molar-refractivity contribution in [3.63, 3.8) is 0 Å². The van der Waals surface area contributed by atoms with Crippen molar-refractivity contribution < 1.29 is 22.3 Å². The van der Waals surface area contributed by atoms with E-state index in [1.54, 1.807) is 25.7 Å². The van der Waals surface area contributed by atoms with Crippen LogP contribution in [0.5, 0.6) is 0 Å². The Hall–Kier alpha value is -2.31. The number of hydrogen-bond donors (Lipinski definition) is 1. The Bertz CT molecular complexity index is 942. The standard InChI is InChI=1S/C20H26FN3O4S/c1-20(2,3)28-19(25)23-12-15(9-10-16-17(21)7-4-8-18(16)22)24-13-14(23)6-5-11-29(24,26)27/h4,7-8,14-15H,5-6,11-13,22H2,1-3H3. The van der Waals surface area contributed by atoms with E-state index in [-0.39, 0.29) is 36.1 Å². The molecule has 0 aliphatic carbocycles. The molecule has 2 heterocycles. The normalized spacial score (nSPS) is 26.1.